The molecule has 0 fully saturated rings. The fourth-order valence-corrected chi connectivity index (χ4v) is 2.85. The number of aliphatic hydroxyl groups is 1. The molecule has 0 radical (unpaired) electrons. The van der Waals surface area contributed by atoms with E-state index >= 15 is 0 Å². The van der Waals surface area contributed by atoms with Gasteiger partial charge in [0.25, 0.3) is 5.91 Å². The van der Waals surface area contributed by atoms with Crippen molar-refractivity contribution in [1.82, 2.24) is 5.32 Å². The van der Waals surface area contributed by atoms with Gasteiger partial charge in [-0.15, -0.1) is 11.3 Å². The first-order valence-electron chi connectivity index (χ1n) is 4.69. The van der Waals surface area contributed by atoms with E-state index in [1.54, 1.807) is 26.8 Å². The number of carbonyl (C=O) groups is 1. The van der Waals surface area contributed by atoms with Crippen LogP contribution in [0.1, 0.15) is 30.4 Å². The summed E-state index contributed by atoms with van der Waals surface area (Å²) < 4.78 is 1.74. The lowest BCUT2D eigenvalue weighted by Gasteiger charge is -2.29. The molecule has 6 heteroatoms. The van der Waals surface area contributed by atoms with Crippen LogP contribution < -0.4 is 5.32 Å². The summed E-state index contributed by atoms with van der Waals surface area (Å²) in [5, 5.41) is 12.3. The highest BCUT2D eigenvalue weighted by molar-refractivity contribution is 9.13. The predicted molar refractivity (Wildman–Crippen MR) is 72.9 cm³/mol. The molecule has 1 atom stereocenters. The topological polar surface area (TPSA) is 49.3 Å². The molecule has 1 rings (SSSR count). The van der Waals surface area contributed by atoms with Crippen LogP contribution in [0.3, 0.4) is 0 Å². The molecule has 1 amide bonds. The molecule has 3 nitrogen and oxygen atoms in total. The number of rotatable bonds is 3. The summed E-state index contributed by atoms with van der Waals surface area (Å²) in [6.07, 6.45) is -0.608. The van der Waals surface area contributed by atoms with Gasteiger partial charge in [-0.25, -0.2) is 0 Å². The molecule has 0 spiro atoms. The maximum Gasteiger partial charge on any atom is 0.261 e. The second-order valence-electron chi connectivity index (χ2n) is 4.08. The minimum absolute atomic E-state index is 0.178. The van der Waals surface area contributed by atoms with Crippen LogP contribution in [0.4, 0.5) is 0 Å². The molecule has 1 aromatic heterocycles. The minimum Gasteiger partial charge on any atom is -0.391 e. The molecular formula is C10H13Br2NO2S. The summed E-state index contributed by atoms with van der Waals surface area (Å²) in [7, 11) is 0. The molecule has 0 saturated carbocycles. The Balaban J connectivity index is 2.80. The normalized spacial score (nSPS) is 13.6. The molecule has 2 N–H and O–H groups in total. The molecule has 0 aliphatic rings. The smallest absolute Gasteiger partial charge is 0.261 e. The number of thiophene rings is 1. The van der Waals surface area contributed by atoms with Gasteiger partial charge in [0.1, 0.15) is 0 Å². The highest BCUT2D eigenvalue weighted by Gasteiger charge is 2.27. The molecule has 1 aromatic rings. The molecule has 0 aromatic carbocycles. The van der Waals surface area contributed by atoms with Gasteiger partial charge in [0.15, 0.2) is 0 Å². The Morgan fingerprint density at radius 1 is 1.56 bits per heavy atom. The number of hydrogen-bond donors (Lipinski definition) is 2. The van der Waals surface area contributed by atoms with E-state index in [-0.39, 0.29) is 5.91 Å². The van der Waals surface area contributed by atoms with Gasteiger partial charge in [0.2, 0.25) is 0 Å². The van der Waals surface area contributed by atoms with Gasteiger partial charge in [-0.2, -0.15) is 0 Å². The van der Waals surface area contributed by atoms with Crippen LogP contribution in [0.15, 0.2) is 14.3 Å². The van der Waals surface area contributed by atoms with Crippen molar-refractivity contribution in [2.75, 3.05) is 0 Å². The van der Waals surface area contributed by atoms with Crippen LogP contribution >= 0.6 is 43.2 Å². The van der Waals surface area contributed by atoms with Crippen LogP contribution in [-0.4, -0.2) is 22.7 Å². The lowest BCUT2D eigenvalue weighted by atomic mass is 9.99. The molecular weight excluding hydrogens is 358 g/mol. The van der Waals surface area contributed by atoms with E-state index in [4.69, 9.17) is 0 Å². The van der Waals surface area contributed by atoms with Gasteiger partial charge < -0.3 is 10.4 Å². The molecule has 0 saturated heterocycles. The lowest BCUT2D eigenvalue weighted by molar-refractivity contribution is 0.0712. The van der Waals surface area contributed by atoms with Crippen molar-refractivity contribution in [3.05, 3.63) is 19.2 Å². The number of carbonyl (C=O) groups excluding carboxylic acids is 1. The van der Waals surface area contributed by atoms with Crippen molar-refractivity contribution in [1.29, 1.82) is 0 Å². The zero-order valence-corrected chi connectivity index (χ0v) is 13.2. The Bertz CT molecular complexity index is 382. The quantitative estimate of drug-likeness (QED) is 0.858. The SMILES string of the molecule is CC(O)C(C)(C)NC(=O)c1cc(Br)c(Br)s1. The zero-order chi connectivity index (χ0) is 12.5. The Morgan fingerprint density at radius 3 is 2.50 bits per heavy atom. The fourth-order valence-electron chi connectivity index (χ4n) is 0.917. The van der Waals surface area contributed by atoms with Crippen LogP contribution in [0.25, 0.3) is 0 Å². The maximum atomic E-state index is 11.9. The van der Waals surface area contributed by atoms with Crippen molar-refractivity contribution < 1.29 is 9.90 Å². The van der Waals surface area contributed by atoms with E-state index < -0.39 is 11.6 Å². The zero-order valence-electron chi connectivity index (χ0n) is 9.17. The average molecular weight is 371 g/mol. The molecule has 1 unspecified atom stereocenters. The molecule has 1 heterocycles. The van der Waals surface area contributed by atoms with Gasteiger partial charge in [0, 0.05) is 4.47 Å². The predicted octanol–water partition coefficient (Wildman–Crippen LogP) is 3.16. The third kappa shape index (κ3) is 3.29. The highest BCUT2D eigenvalue weighted by atomic mass is 79.9. The van der Waals surface area contributed by atoms with Crippen molar-refractivity contribution in [3.8, 4) is 0 Å². The molecule has 16 heavy (non-hydrogen) atoms. The Morgan fingerprint density at radius 2 is 2.12 bits per heavy atom. The third-order valence-electron chi connectivity index (χ3n) is 2.35. The highest BCUT2D eigenvalue weighted by Crippen LogP contribution is 2.32. The Hall–Kier alpha value is 0.0900. The Labute approximate surface area is 116 Å². The van der Waals surface area contributed by atoms with E-state index in [0.717, 1.165) is 8.26 Å². The molecule has 90 valence electrons. The first-order chi connectivity index (χ1) is 7.24. The van der Waals surface area contributed by atoms with Gasteiger partial charge in [-0.05, 0) is 58.7 Å². The van der Waals surface area contributed by atoms with E-state index in [0.29, 0.717) is 4.88 Å². The van der Waals surface area contributed by atoms with Gasteiger partial charge in [-0.1, -0.05) is 0 Å². The second kappa shape index (κ2) is 5.16. The fraction of sp³-hybridized carbons (Fsp3) is 0.500. The first-order valence-corrected chi connectivity index (χ1v) is 7.09. The van der Waals surface area contributed by atoms with Crippen molar-refractivity contribution in [2.45, 2.75) is 32.4 Å². The largest absolute Gasteiger partial charge is 0.391 e. The number of nitrogens with one attached hydrogen (secondary N) is 1. The third-order valence-corrected chi connectivity index (χ3v) is 5.60. The summed E-state index contributed by atoms with van der Waals surface area (Å²) >= 11 is 8.01. The Kier molecular flexibility index (Phi) is 4.57. The number of aliphatic hydroxyl groups excluding tert-OH is 1. The van der Waals surface area contributed by atoms with Gasteiger partial charge in [0.05, 0.1) is 20.3 Å². The van der Waals surface area contributed by atoms with Crippen molar-refractivity contribution >= 4 is 49.1 Å². The lowest BCUT2D eigenvalue weighted by Crippen LogP contribution is -2.50. The summed E-state index contributed by atoms with van der Waals surface area (Å²) in [4.78, 5) is 12.5. The number of hydrogen-bond acceptors (Lipinski definition) is 3. The molecule has 0 aliphatic carbocycles. The molecule has 0 aliphatic heterocycles. The summed E-state index contributed by atoms with van der Waals surface area (Å²) in [6, 6.07) is 1.75. The van der Waals surface area contributed by atoms with Crippen LogP contribution in [0, 0.1) is 0 Å². The minimum atomic E-state index is -0.639. The monoisotopic (exact) mass is 369 g/mol. The van der Waals surface area contributed by atoms with Gasteiger partial charge in [-0.3, -0.25) is 4.79 Å². The van der Waals surface area contributed by atoms with E-state index in [1.807, 2.05) is 0 Å². The second-order valence-corrected chi connectivity index (χ2v) is 7.31. The number of amides is 1. The average Bonchev–Trinajstić information content (AvgIpc) is 2.46. The molecule has 0 bridgehead atoms. The van der Waals surface area contributed by atoms with Crippen molar-refractivity contribution in [2.24, 2.45) is 0 Å². The van der Waals surface area contributed by atoms with Crippen LogP contribution in [0.2, 0.25) is 0 Å². The first kappa shape index (κ1) is 14.2. The number of halogens is 2. The van der Waals surface area contributed by atoms with Gasteiger partial charge >= 0.3 is 0 Å². The summed E-state index contributed by atoms with van der Waals surface area (Å²) in [5.41, 5.74) is -0.639. The standard InChI is InChI=1S/C10H13Br2NO2S/c1-5(14)10(2,3)13-9(15)7-4-6(11)8(12)16-7/h4-5,14H,1-3H3,(H,13,15). The van der Waals surface area contributed by atoms with E-state index in [9.17, 15) is 9.90 Å². The van der Waals surface area contributed by atoms with Crippen molar-refractivity contribution in [3.63, 3.8) is 0 Å². The maximum absolute atomic E-state index is 11.9. The van der Waals surface area contributed by atoms with E-state index in [1.165, 1.54) is 11.3 Å². The van der Waals surface area contributed by atoms with Crippen LogP contribution in [0.5, 0.6) is 0 Å². The van der Waals surface area contributed by atoms with E-state index in [2.05, 4.69) is 37.2 Å². The summed E-state index contributed by atoms with van der Waals surface area (Å²) in [5.74, 6) is -0.178. The summed E-state index contributed by atoms with van der Waals surface area (Å²) in [6.45, 7) is 5.22. The van der Waals surface area contributed by atoms with Crippen LogP contribution in [-0.2, 0) is 0 Å².